The second kappa shape index (κ2) is 6.89. The third kappa shape index (κ3) is 5.89. The van der Waals surface area contributed by atoms with Crippen LogP contribution in [0.2, 0.25) is 0 Å². The highest BCUT2D eigenvalue weighted by atomic mass is 19.1. The van der Waals surface area contributed by atoms with Crippen molar-refractivity contribution >= 4 is 0 Å². The monoisotopic (exact) mass is 119 g/mol. The molecule has 0 aromatic rings. The zero-order valence-corrected chi connectivity index (χ0v) is 5.41. The molecule has 0 unspecified atom stereocenters. The van der Waals surface area contributed by atoms with Gasteiger partial charge in [-0.1, -0.05) is 13.3 Å². The Morgan fingerprint density at radius 3 is 2.62 bits per heavy atom. The van der Waals surface area contributed by atoms with E-state index in [0.29, 0.717) is 6.54 Å². The molecule has 0 aliphatic carbocycles. The molecule has 0 aliphatic rings. The Labute approximate surface area is 50.3 Å². The average Bonchev–Trinajstić information content (AvgIpc) is 1.81. The van der Waals surface area contributed by atoms with Crippen LogP contribution in [0.1, 0.15) is 19.8 Å². The average molecular weight is 119 g/mol. The highest BCUT2D eigenvalue weighted by Crippen LogP contribution is 1.80. The highest BCUT2D eigenvalue weighted by molar-refractivity contribution is 4.43. The van der Waals surface area contributed by atoms with Crippen molar-refractivity contribution in [2.45, 2.75) is 19.8 Å². The topological polar surface area (TPSA) is 12.0 Å². The van der Waals surface area contributed by atoms with Crippen molar-refractivity contribution in [2.75, 3.05) is 19.8 Å². The van der Waals surface area contributed by atoms with E-state index in [0.717, 1.165) is 13.0 Å². The maximum atomic E-state index is 11.4. The van der Waals surface area contributed by atoms with Crippen molar-refractivity contribution in [3.8, 4) is 0 Å². The minimum atomic E-state index is -0.246. The molecule has 1 N–H and O–H groups in total. The predicted molar refractivity (Wildman–Crippen MR) is 33.8 cm³/mol. The second-order valence-electron chi connectivity index (χ2n) is 1.79. The molecular weight excluding hydrogens is 105 g/mol. The lowest BCUT2D eigenvalue weighted by atomic mass is 10.3. The Hall–Kier alpha value is -0.110. The summed E-state index contributed by atoms with van der Waals surface area (Å²) in [6.07, 6.45) is 2.33. The molecule has 0 rings (SSSR count). The van der Waals surface area contributed by atoms with Crippen molar-refractivity contribution in [3.63, 3.8) is 0 Å². The first kappa shape index (κ1) is 7.89. The van der Waals surface area contributed by atoms with E-state index in [1.54, 1.807) is 0 Å². The number of unbranched alkanes of at least 4 members (excludes halogenated alkanes) is 1. The van der Waals surface area contributed by atoms with Gasteiger partial charge in [0.1, 0.15) is 6.67 Å². The van der Waals surface area contributed by atoms with Crippen LogP contribution in [0.5, 0.6) is 0 Å². The van der Waals surface area contributed by atoms with E-state index in [-0.39, 0.29) is 6.67 Å². The van der Waals surface area contributed by atoms with Crippen LogP contribution in [0.4, 0.5) is 4.39 Å². The van der Waals surface area contributed by atoms with E-state index < -0.39 is 0 Å². The molecule has 0 atom stereocenters. The molecule has 0 bridgehead atoms. The highest BCUT2D eigenvalue weighted by Gasteiger charge is 1.82. The summed E-state index contributed by atoms with van der Waals surface area (Å²) in [5, 5.41) is 2.96. The number of hydrogen-bond acceptors (Lipinski definition) is 1. The first-order chi connectivity index (χ1) is 3.91. The Bertz CT molecular complexity index is 33.5. The SMILES string of the molecule is CCCCNCCF. The number of nitrogens with one attached hydrogen (secondary N) is 1. The van der Waals surface area contributed by atoms with Gasteiger partial charge < -0.3 is 5.32 Å². The number of hydrogen-bond donors (Lipinski definition) is 1. The molecule has 2 heteroatoms. The van der Waals surface area contributed by atoms with Crippen LogP contribution in [0.15, 0.2) is 0 Å². The van der Waals surface area contributed by atoms with Gasteiger partial charge >= 0.3 is 0 Å². The number of halogens is 1. The molecule has 0 fully saturated rings. The fraction of sp³-hybridized carbons (Fsp3) is 1.00. The first-order valence-corrected chi connectivity index (χ1v) is 3.18. The van der Waals surface area contributed by atoms with Gasteiger partial charge in [0.15, 0.2) is 0 Å². The third-order valence-electron chi connectivity index (χ3n) is 0.978. The second-order valence-corrected chi connectivity index (χ2v) is 1.79. The normalized spacial score (nSPS) is 9.75. The molecule has 0 aliphatic heterocycles. The quantitative estimate of drug-likeness (QED) is 0.538. The lowest BCUT2D eigenvalue weighted by molar-refractivity contribution is 0.464. The van der Waals surface area contributed by atoms with Gasteiger partial charge in [-0.2, -0.15) is 0 Å². The van der Waals surface area contributed by atoms with E-state index in [4.69, 9.17) is 0 Å². The summed E-state index contributed by atoms with van der Waals surface area (Å²) in [7, 11) is 0. The van der Waals surface area contributed by atoms with Gasteiger partial charge in [0.05, 0.1) is 0 Å². The number of rotatable bonds is 5. The molecule has 0 heterocycles. The summed E-state index contributed by atoms with van der Waals surface area (Å²) < 4.78 is 11.4. The molecule has 0 radical (unpaired) electrons. The van der Waals surface area contributed by atoms with Crippen molar-refractivity contribution in [1.82, 2.24) is 5.32 Å². The standard InChI is InChI=1S/C6H14FN/c1-2-3-5-8-6-4-7/h8H,2-6H2,1H3. The summed E-state index contributed by atoms with van der Waals surface area (Å²) in [4.78, 5) is 0. The van der Waals surface area contributed by atoms with Gasteiger partial charge in [-0.05, 0) is 13.0 Å². The predicted octanol–water partition coefficient (Wildman–Crippen LogP) is 1.35. The van der Waals surface area contributed by atoms with E-state index in [1.807, 2.05) is 0 Å². The molecule has 0 spiro atoms. The fourth-order valence-corrected chi connectivity index (χ4v) is 0.494. The van der Waals surface area contributed by atoms with Crippen LogP contribution in [0.25, 0.3) is 0 Å². The summed E-state index contributed by atoms with van der Waals surface area (Å²) in [6, 6.07) is 0. The van der Waals surface area contributed by atoms with E-state index in [9.17, 15) is 4.39 Å². The van der Waals surface area contributed by atoms with Crippen LogP contribution in [-0.2, 0) is 0 Å². The zero-order chi connectivity index (χ0) is 6.24. The smallest absolute Gasteiger partial charge is 0.102 e. The van der Waals surface area contributed by atoms with Crippen molar-refractivity contribution in [3.05, 3.63) is 0 Å². The lowest BCUT2D eigenvalue weighted by Gasteiger charge is -1.96. The minimum absolute atomic E-state index is 0.246. The number of alkyl halides is 1. The van der Waals surface area contributed by atoms with Crippen LogP contribution in [-0.4, -0.2) is 19.8 Å². The maximum absolute atomic E-state index is 11.4. The molecular formula is C6H14FN. The zero-order valence-electron chi connectivity index (χ0n) is 5.41. The molecule has 50 valence electrons. The van der Waals surface area contributed by atoms with Crippen LogP contribution in [0.3, 0.4) is 0 Å². The van der Waals surface area contributed by atoms with Crippen LogP contribution < -0.4 is 5.32 Å². The maximum Gasteiger partial charge on any atom is 0.102 e. The Balaban J connectivity index is 2.53. The lowest BCUT2D eigenvalue weighted by Crippen LogP contribution is -2.17. The van der Waals surface area contributed by atoms with E-state index in [2.05, 4.69) is 12.2 Å². The van der Waals surface area contributed by atoms with Gasteiger partial charge in [-0.25, -0.2) is 4.39 Å². The van der Waals surface area contributed by atoms with Crippen molar-refractivity contribution in [1.29, 1.82) is 0 Å². The molecule has 0 amide bonds. The molecule has 8 heavy (non-hydrogen) atoms. The Morgan fingerprint density at radius 1 is 1.38 bits per heavy atom. The van der Waals surface area contributed by atoms with E-state index >= 15 is 0 Å². The van der Waals surface area contributed by atoms with Crippen molar-refractivity contribution in [2.24, 2.45) is 0 Å². The fourth-order valence-electron chi connectivity index (χ4n) is 0.494. The summed E-state index contributed by atoms with van der Waals surface area (Å²) >= 11 is 0. The molecule has 0 saturated heterocycles. The van der Waals surface area contributed by atoms with Gasteiger partial charge in [0.2, 0.25) is 0 Å². The summed E-state index contributed by atoms with van der Waals surface area (Å²) in [6.45, 7) is 3.35. The molecule has 1 nitrogen and oxygen atoms in total. The molecule has 0 aromatic carbocycles. The largest absolute Gasteiger partial charge is 0.314 e. The third-order valence-corrected chi connectivity index (χ3v) is 0.978. The molecule has 0 saturated carbocycles. The van der Waals surface area contributed by atoms with Gasteiger partial charge in [-0.15, -0.1) is 0 Å². The van der Waals surface area contributed by atoms with Gasteiger partial charge in [0.25, 0.3) is 0 Å². The molecule has 0 aromatic heterocycles. The summed E-state index contributed by atoms with van der Waals surface area (Å²) in [5.41, 5.74) is 0. The summed E-state index contributed by atoms with van der Waals surface area (Å²) in [5.74, 6) is 0. The van der Waals surface area contributed by atoms with Crippen molar-refractivity contribution < 1.29 is 4.39 Å². The van der Waals surface area contributed by atoms with Crippen LogP contribution >= 0.6 is 0 Å². The minimum Gasteiger partial charge on any atom is -0.314 e. The Morgan fingerprint density at radius 2 is 2.12 bits per heavy atom. The van der Waals surface area contributed by atoms with Gasteiger partial charge in [0, 0.05) is 6.54 Å². The first-order valence-electron chi connectivity index (χ1n) is 3.18. The van der Waals surface area contributed by atoms with E-state index in [1.165, 1.54) is 6.42 Å². The Kier molecular flexibility index (Phi) is 6.80. The van der Waals surface area contributed by atoms with Crippen LogP contribution in [0, 0.1) is 0 Å². The van der Waals surface area contributed by atoms with Gasteiger partial charge in [-0.3, -0.25) is 0 Å².